The molecule has 0 fully saturated rings. The Bertz CT molecular complexity index is 557. The molecule has 7 heteroatoms. The molecule has 1 aromatic carbocycles. The zero-order chi connectivity index (χ0) is 17.2. The van der Waals surface area contributed by atoms with Gasteiger partial charge in [-0.05, 0) is 24.1 Å². The lowest BCUT2D eigenvalue weighted by atomic mass is 10.2. The Balaban J connectivity index is 2.46. The Morgan fingerprint density at radius 1 is 1.17 bits per heavy atom. The van der Waals surface area contributed by atoms with Gasteiger partial charge in [-0.15, -0.1) is 0 Å². The number of likely N-dealkylation sites (N-methyl/N-ethyl adjacent to an activating group) is 1. The van der Waals surface area contributed by atoms with Crippen LogP contribution in [0.3, 0.4) is 0 Å². The first kappa shape index (κ1) is 18.5. The second kappa shape index (κ2) is 9.45. The molecule has 0 heterocycles. The first-order valence-corrected chi connectivity index (χ1v) is 7.29. The van der Waals surface area contributed by atoms with Crippen LogP contribution in [0.15, 0.2) is 24.3 Å². The van der Waals surface area contributed by atoms with E-state index in [0.29, 0.717) is 23.8 Å². The third-order valence-electron chi connectivity index (χ3n) is 2.71. The highest BCUT2D eigenvalue weighted by molar-refractivity contribution is 5.92. The predicted molar refractivity (Wildman–Crippen MR) is 84.1 cm³/mol. The molecule has 0 aliphatic rings. The molecule has 2 N–H and O–H groups in total. The van der Waals surface area contributed by atoms with Crippen molar-refractivity contribution in [2.45, 2.75) is 13.8 Å². The predicted octanol–water partition coefficient (Wildman–Crippen LogP) is 0.740. The van der Waals surface area contributed by atoms with Crippen LogP contribution in [0.25, 0.3) is 0 Å². The van der Waals surface area contributed by atoms with E-state index in [1.54, 1.807) is 24.3 Å². The van der Waals surface area contributed by atoms with Gasteiger partial charge in [-0.3, -0.25) is 9.59 Å². The quantitative estimate of drug-likeness (QED) is 0.689. The average Bonchev–Trinajstić information content (AvgIpc) is 2.55. The molecule has 0 aromatic heterocycles. The summed E-state index contributed by atoms with van der Waals surface area (Å²) in [6, 6.07) is 6.56. The maximum Gasteiger partial charge on any atom is 0.338 e. The number of hydrogen-bond donors (Lipinski definition) is 2. The lowest BCUT2D eigenvalue weighted by Crippen LogP contribution is -2.37. The second-order valence-electron chi connectivity index (χ2n) is 5.26. The number of rotatable bonds is 8. The number of benzene rings is 1. The van der Waals surface area contributed by atoms with Crippen molar-refractivity contribution in [1.82, 2.24) is 10.6 Å². The number of carbonyl (C=O) groups excluding carboxylic acids is 3. The topological polar surface area (TPSA) is 93.7 Å². The van der Waals surface area contributed by atoms with Crippen LogP contribution in [-0.4, -0.2) is 44.6 Å². The van der Waals surface area contributed by atoms with Crippen molar-refractivity contribution in [2.24, 2.45) is 5.92 Å². The summed E-state index contributed by atoms with van der Waals surface area (Å²) in [6.07, 6.45) is 0. The molecule has 1 rings (SSSR count). The molecular weight excluding hydrogens is 300 g/mol. The van der Waals surface area contributed by atoms with E-state index >= 15 is 0 Å². The summed E-state index contributed by atoms with van der Waals surface area (Å²) in [7, 11) is 1.46. The number of amides is 2. The SMILES string of the molecule is CNC(=O)CNC(=O)COC(=O)c1cccc(OCC(C)C)c1. The molecule has 1 aromatic rings. The van der Waals surface area contributed by atoms with Gasteiger partial charge in [-0.1, -0.05) is 19.9 Å². The third kappa shape index (κ3) is 7.30. The summed E-state index contributed by atoms with van der Waals surface area (Å²) >= 11 is 0. The van der Waals surface area contributed by atoms with Gasteiger partial charge in [0.25, 0.3) is 5.91 Å². The molecule has 2 amide bonds. The van der Waals surface area contributed by atoms with Crippen molar-refractivity contribution in [3.8, 4) is 5.75 Å². The molecule has 0 bridgehead atoms. The van der Waals surface area contributed by atoms with Gasteiger partial charge in [0.2, 0.25) is 5.91 Å². The van der Waals surface area contributed by atoms with Crippen LogP contribution in [0.4, 0.5) is 0 Å². The van der Waals surface area contributed by atoms with Gasteiger partial charge in [-0.25, -0.2) is 4.79 Å². The minimum atomic E-state index is -0.630. The first-order valence-electron chi connectivity index (χ1n) is 7.29. The lowest BCUT2D eigenvalue weighted by Gasteiger charge is -2.10. The molecule has 0 radical (unpaired) electrons. The van der Waals surface area contributed by atoms with Gasteiger partial charge in [-0.2, -0.15) is 0 Å². The van der Waals surface area contributed by atoms with Gasteiger partial charge in [0.15, 0.2) is 6.61 Å². The Hall–Kier alpha value is -2.57. The maximum absolute atomic E-state index is 11.9. The fraction of sp³-hybridized carbons (Fsp3) is 0.438. The highest BCUT2D eigenvalue weighted by atomic mass is 16.5. The molecule has 0 spiro atoms. The monoisotopic (exact) mass is 322 g/mol. The van der Waals surface area contributed by atoms with E-state index in [4.69, 9.17) is 9.47 Å². The van der Waals surface area contributed by atoms with Crippen molar-refractivity contribution < 1.29 is 23.9 Å². The van der Waals surface area contributed by atoms with Crippen LogP contribution >= 0.6 is 0 Å². The summed E-state index contributed by atoms with van der Waals surface area (Å²) in [4.78, 5) is 34.3. The molecule has 7 nitrogen and oxygen atoms in total. The fourth-order valence-electron chi connectivity index (χ4n) is 1.51. The molecule has 0 unspecified atom stereocenters. The number of carbonyl (C=O) groups is 3. The van der Waals surface area contributed by atoms with E-state index in [0.717, 1.165) is 0 Å². The Kier molecular flexibility index (Phi) is 7.59. The molecule has 126 valence electrons. The van der Waals surface area contributed by atoms with E-state index in [2.05, 4.69) is 10.6 Å². The normalized spacial score (nSPS) is 10.1. The van der Waals surface area contributed by atoms with E-state index in [9.17, 15) is 14.4 Å². The van der Waals surface area contributed by atoms with Crippen LogP contribution in [0, 0.1) is 5.92 Å². The number of nitrogens with one attached hydrogen (secondary N) is 2. The Labute approximate surface area is 135 Å². The number of esters is 1. The largest absolute Gasteiger partial charge is 0.493 e. The van der Waals surface area contributed by atoms with E-state index in [-0.39, 0.29) is 12.5 Å². The molecule has 0 saturated carbocycles. The van der Waals surface area contributed by atoms with Gasteiger partial charge in [0.1, 0.15) is 5.75 Å². The van der Waals surface area contributed by atoms with Gasteiger partial charge in [0.05, 0.1) is 18.7 Å². The average molecular weight is 322 g/mol. The van der Waals surface area contributed by atoms with Crippen molar-refractivity contribution in [3.63, 3.8) is 0 Å². The van der Waals surface area contributed by atoms with Crippen LogP contribution < -0.4 is 15.4 Å². The molecular formula is C16H22N2O5. The minimum absolute atomic E-state index is 0.161. The summed E-state index contributed by atoms with van der Waals surface area (Å²) in [5.41, 5.74) is 0.297. The van der Waals surface area contributed by atoms with Crippen molar-refractivity contribution in [1.29, 1.82) is 0 Å². The molecule has 0 aliphatic heterocycles. The van der Waals surface area contributed by atoms with Gasteiger partial charge in [0, 0.05) is 7.05 Å². The third-order valence-corrected chi connectivity index (χ3v) is 2.71. The van der Waals surface area contributed by atoms with E-state index in [1.165, 1.54) is 7.05 Å². The van der Waals surface area contributed by atoms with Crippen LogP contribution in [-0.2, 0) is 14.3 Å². The molecule has 0 saturated heterocycles. The highest BCUT2D eigenvalue weighted by Crippen LogP contribution is 2.15. The van der Waals surface area contributed by atoms with Gasteiger partial charge < -0.3 is 20.1 Å². The summed E-state index contributed by atoms with van der Waals surface area (Å²) in [5.74, 6) is -0.573. The van der Waals surface area contributed by atoms with Crippen molar-refractivity contribution in [2.75, 3.05) is 26.8 Å². The molecule has 23 heavy (non-hydrogen) atoms. The molecule has 0 atom stereocenters. The summed E-state index contributed by atoms with van der Waals surface area (Å²) in [6.45, 7) is 3.98. The van der Waals surface area contributed by atoms with Crippen LogP contribution in [0.1, 0.15) is 24.2 Å². The fourth-order valence-corrected chi connectivity index (χ4v) is 1.51. The smallest absolute Gasteiger partial charge is 0.338 e. The first-order chi connectivity index (χ1) is 10.9. The van der Waals surface area contributed by atoms with Crippen molar-refractivity contribution in [3.05, 3.63) is 29.8 Å². The number of ether oxygens (including phenoxy) is 2. The molecule has 0 aliphatic carbocycles. The standard InChI is InChI=1S/C16H22N2O5/c1-11(2)9-22-13-6-4-5-12(7-13)16(21)23-10-15(20)18-8-14(19)17-3/h4-7,11H,8-10H2,1-3H3,(H,17,19)(H,18,20). The van der Waals surface area contributed by atoms with Crippen molar-refractivity contribution >= 4 is 17.8 Å². The maximum atomic E-state index is 11.9. The van der Waals surface area contributed by atoms with E-state index < -0.39 is 18.5 Å². The van der Waals surface area contributed by atoms with Crippen LogP contribution in [0.5, 0.6) is 5.75 Å². The summed E-state index contributed by atoms with van der Waals surface area (Å²) in [5, 5.41) is 4.69. The second-order valence-corrected chi connectivity index (χ2v) is 5.26. The Morgan fingerprint density at radius 3 is 2.57 bits per heavy atom. The lowest BCUT2D eigenvalue weighted by molar-refractivity contribution is -0.127. The zero-order valence-electron chi connectivity index (χ0n) is 13.5. The Morgan fingerprint density at radius 2 is 1.91 bits per heavy atom. The minimum Gasteiger partial charge on any atom is -0.493 e. The number of hydrogen-bond acceptors (Lipinski definition) is 5. The highest BCUT2D eigenvalue weighted by Gasteiger charge is 2.12. The van der Waals surface area contributed by atoms with Crippen LogP contribution in [0.2, 0.25) is 0 Å². The zero-order valence-corrected chi connectivity index (χ0v) is 13.5. The van der Waals surface area contributed by atoms with Gasteiger partial charge >= 0.3 is 5.97 Å². The van der Waals surface area contributed by atoms with E-state index in [1.807, 2.05) is 13.8 Å². The summed E-state index contributed by atoms with van der Waals surface area (Å²) < 4.78 is 10.4.